The number of aryl methyl sites for hydroxylation is 1. The average molecular weight is 509 g/mol. The summed E-state index contributed by atoms with van der Waals surface area (Å²) >= 11 is 1.65. The number of carbonyl (C=O) groups is 1. The van der Waals surface area contributed by atoms with E-state index < -0.39 is 5.56 Å². The summed E-state index contributed by atoms with van der Waals surface area (Å²) in [6.07, 6.45) is 1.10. The number of nitrogens with one attached hydrogen (secondary N) is 2. The number of halogens is 1. The molecule has 0 fully saturated rings. The van der Waals surface area contributed by atoms with Crippen molar-refractivity contribution < 1.29 is 18.7 Å². The van der Waals surface area contributed by atoms with E-state index in [1.807, 2.05) is 17.5 Å². The summed E-state index contributed by atoms with van der Waals surface area (Å²) in [7, 11) is 1.50. The Bertz CT molecular complexity index is 1370. The van der Waals surface area contributed by atoms with Gasteiger partial charge in [0.15, 0.2) is 17.3 Å². The third-order valence-electron chi connectivity index (χ3n) is 5.35. The number of rotatable bonds is 11. The normalized spacial score (nSPS) is 10.7. The van der Waals surface area contributed by atoms with Crippen LogP contribution in [0.4, 0.5) is 4.39 Å². The highest BCUT2D eigenvalue weighted by Gasteiger charge is 2.13. The molecule has 0 bridgehead atoms. The zero-order valence-corrected chi connectivity index (χ0v) is 20.4. The van der Waals surface area contributed by atoms with Crippen LogP contribution in [-0.4, -0.2) is 34.7 Å². The molecule has 36 heavy (non-hydrogen) atoms. The molecule has 8 nitrogen and oxygen atoms in total. The third-order valence-corrected chi connectivity index (χ3v) is 6.28. The Labute approximate surface area is 211 Å². The molecular weight excluding hydrogens is 483 g/mol. The lowest BCUT2D eigenvalue weighted by Crippen LogP contribution is -2.27. The van der Waals surface area contributed by atoms with Crippen molar-refractivity contribution in [3.05, 3.63) is 92.3 Å². The predicted octanol–water partition coefficient (Wildman–Crippen LogP) is 3.91. The zero-order chi connectivity index (χ0) is 25.3. The van der Waals surface area contributed by atoms with Gasteiger partial charge < -0.3 is 19.8 Å². The Morgan fingerprint density at radius 3 is 2.72 bits per heavy atom. The van der Waals surface area contributed by atoms with E-state index in [2.05, 4.69) is 20.5 Å². The second-order valence-corrected chi connectivity index (χ2v) is 8.95. The van der Waals surface area contributed by atoms with E-state index in [4.69, 9.17) is 9.47 Å². The molecule has 0 saturated heterocycles. The second kappa shape index (κ2) is 12.1. The van der Waals surface area contributed by atoms with Gasteiger partial charge in [0.25, 0.3) is 5.56 Å². The molecule has 0 spiro atoms. The van der Waals surface area contributed by atoms with Crippen LogP contribution in [0.1, 0.15) is 22.6 Å². The molecule has 0 aliphatic rings. The number of amides is 1. The Balaban J connectivity index is 1.35. The predicted molar refractivity (Wildman–Crippen MR) is 135 cm³/mol. The van der Waals surface area contributed by atoms with Crippen molar-refractivity contribution in [1.29, 1.82) is 0 Å². The van der Waals surface area contributed by atoms with Gasteiger partial charge in [-0.25, -0.2) is 4.39 Å². The summed E-state index contributed by atoms with van der Waals surface area (Å²) < 4.78 is 24.6. The van der Waals surface area contributed by atoms with Gasteiger partial charge in [-0.05, 0) is 53.8 Å². The molecule has 2 heterocycles. The van der Waals surface area contributed by atoms with Crippen molar-refractivity contribution in [1.82, 2.24) is 20.5 Å². The van der Waals surface area contributed by atoms with Crippen LogP contribution in [0.15, 0.2) is 64.8 Å². The lowest BCUT2D eigenvalue weighted by atomic mass is 10.2. The highest BCUT2D eigenvalue weighted by Crippen LogP contribution is 2.31. The maximum Gasteiger partial charge on any atom is 0.273 e. The molecule has 4 rings (SSSR count). The summed E-state index contributed by atoms with van der Waals surface area (Å²) in [5.74, 6) is 0.672. The van der Waals surface area contributed by atoms with E-state index in [1.165, 1.54) is 24.1 Å². The fourth-order valence-corrected chi connectivity index (χ4v) is 4.19. The van der Waals surface area contributed by atoms with E-state index >= 15 is 0 Å². The summed E-state index contributed by atoms with van der Waals surface area (Å²) in [4.78, 5) is 28.5. The van der Waals surface area contributed by atoms with E-state index in [9.17, 15) is 14.0 Å². The number of aromatic nitrogens is 3. The fourth-order valence-electron chi connectivity index (χ4n) is 3.48. The Hall–Kier alpha value is -4.05. The standard InChI is InChI=1S/C26H25FN4O4S/c1-34-23-15-18(7-9-22(23)35-16-17-4-2-5-19(27)14-17)25-29-26(33)21(30-31-25)8-10-24(32)28-12-11-20-6-3-13-36-20/h2-7,9,13-15H,8,10-12,16H2,1H3,(H,28,32)(H,29,31,33). The summed E-state index contributed by atoms with van der Waals surface area (Å²) in [5, 5.41) is 13.0. The molecule has 0 saturated carbocycles. The lowest BCUT2D eigenvalue weighted by molar-refractivity contribution is -0.121. The SMILES string of the molecule is COc1cc(-c2nnc(CCC(=O)NCCc3cccs3)c(=O)[nH]2)ccc1OCc1cccc(F)c1. The summed E-state index contributed by atoms with van der Waals surface area (Å²) in [6, 6.07) is 15.2. The smallest absolute Gasteiger partial charge is 0.273 e. The van der Waals surface area contributed by atoms with Gasteiger partial charge in [0.05, 0.1) is 7.11 Å². The van der Waals surface area contributed by atoms with Crippen LogP contribution in [0, 0.1) is 5.82 Å². The molecular formula is C26H25FN4O4S. The molecule has 2 aromatic heterocycles. The fraction of sp³-hybridized carbons (Fsp3) is 0.231. The van der Waals surface area contributed by atoms with Crippen LogP contribution < -0.4 is 20.3 Å². The maximum absolute atomic E-state index is 13.4. The van der Waals surface area contributed by atoms with Crippen molar-refractivity contribution >= 4 is 17.2 Å². The lowest BCUT2D eigenvalue weighted by Gasteiger charge is -2.12. The quantitative estimate of drug-likeness (QED) is 0.318. The second-order valence-electron chi connectivity index (χ2n) is 7.91. The van der Waals surface area contributed by atoms with Gasteiger partial charge in [0.2, 0.25) is 5.91 Å². The molecule has 10 heteroatoms. The van der Waals surface area contributed by atoms with Gasteiger partial charge in [-0.15, -0.1) is 21.5 Å². The Morgan fingerprint density at radius 2 is 1.97 bits per heavy atom. The molecule has 0 radical (unpaired) electrons. The van der Waals surface area contributed by atoms with Crippen molar-refractivity contribution in [2.75, 3.05) is 13.7 Å². The van der Waals surface area contributed by atoms with Gasteiger partial charge in [-0.3, -0.25) is 9.59 Å². The van der Waals surface area contributed by atoms with Crippen molar-refractivity contribution in [3.63, 3.8) is 0 Å². The Morgan fingerprint density at radius 1 is 1.08 bits per heavy atom. The van der Waals surface area contributed by atoms with Crippen molar-refractivity contribution in [3.8, 4) is 22.9 Å². The van der Waals surface area contributed by atoms with Gasteiger partial charge in [-0.2, -0.15) is 0 Å². The van der Waals surface area contributed by atoms with Crippen LogP contribution in [0.3, 0.4) is 0 Å². The first-order chi connectivity index (χ1) is 17.5. The highest BCUT2D eigenvalue weighted by atomic mass is 32.1. The van der Waals surface area contributed by atoms with Crippen LogP contribution in [0.2, 0.25) is 0 Å². The molecule has 1 amide bonds. The number of methoxy groups -OCH3 is 1. The molecule has 4 aromatic rings. The third kappa shape index (κ3) is 6.76. The number of nitrogens with zero attached hydrogens (tertiary/aromatic N) is 2. The van der Waals surface area contributed by atoms with E-state index in [0.717, 1.165) is 6.42 Å². The molecule has 0 aliphatic carbocycles. The maximum atomic E-state index is 13.4. The number of ether oxygens (including phenoxy) is 2. The minimum absolute atomic E-state index is 0.143. The van der Waals surface area contributed by atoms with Crippen LogP contribution in [-0.2, 0) is 24.2 Å². The average Bonchev–Trinajstić information content (AvgIpc) is 3.40. The minimum Gasteiger partial charge on any atom is -0.493 e. The highest BCUT2D eigenvalue weighted by molar-refractivity contribution is 7.09. The monoisotopic (exact) mass is 508 g/mol. The molecule has 186 valence electrons. The first-order valence-electron chi connectivity index (χ1n) is 11.3. The Kier molecular flexibility index (Phi) is 8.40. The topological polar surface area (TPSA) is 106 Å². The molecule has 2 aromatic carbocycles. The van der Waals surface area contributed by atoms with E-state index in [1.54, 1.807) is 41.7 Å². The number of H-pyrrole nitrogens is 1. The van der Waals surface area contributed by atoms with Crippen molar-refractivity contribution in [2.24, 2.45) is 0 Å². The van der Waals surface area contributed by atoms with Crippen LogP contribution >= 0.6 is 11.3 Å². The van der Waals surface area contributed by atoms with Crippen LogP contribution in [0.25, 0.3) is 11.4 Å². The van der Waals surface area contributed by atoms with E-state index in [-0.39, 0.29) is 42.7 Å². The number of thiophene rings is 1. The largest absolute Gasteiger partial charge is 0.493 e. The first-order valence-corrected chi connectivity index (χ1v) is 12.2. The molecule has 0 unspecified atom stereocenters. The first kappa shape index (κ1) is 25.1. The summed E-state index contributed by atoms with van der Waals surface area (Å²) in [5.41, 5.74) is 1.04. The molecule has 0 aliphatic heterocycles. The zero-order valence-electron chi connectivity index (χ0n) is 19.6. The van der Waals surface area contributed by atoms with Crippen LogP contribution in [0.5, 0.6) is 11.5 Å². The minimum atomic E-state index is -0.406. The number of hydrogen-bond acceptors (Lipinski definition) is 7. The van der Waals surface area contributed by atoms with Gasteiger partial charge in [0.1, 0.15) is 18.1 Å². The number of aromatic amines is 1. The molecule has 0 atom stereocenters. The molecule has 2 N–H and O–H groups in total. The van der Waals surface area contributed by atoms with Gasteiger partial charge in [-0.1, -0.05) is 18.2 Å². The van der Waals surface area contributed by atoms with E-state index in [0.29, 0.717) is 29.2 Å². The number of carbonyl (C=O) groups excluding carboxylic acids is 1. The number of benzene rings is 2. The van der Waals surface area contributed by atoms with Gasteiger partial charge in [0, 0.05) is 29.8 Å². The van der Waals surface area contributed by atoms with Crippen molar-refractivity contribution in [2.45, 2.75) is 25.9 Å². The van der Waals surface area contributed by atoms with Gasteiger partial charge >= 0.3 is 0 Å². The number of hydrogen-bond donors (Lipinski definition) is 2. The summed E-state index contributed by atoms with van der Waals surface area (Å²) in [6.45, 7) is 0.713.